The molecule has 0 radical (unpaired) electrons. The molecule has 0 spiro atoms. The molecule has 1 aromatic rings. The SMILES string of the molecule is CCNc1ncc(S(=O)(=O)N(C)CCCOC)cn1. The van der Waals surface area contributed by atoms with Crippen molar-refractivity contribution < 1.29 is 13.2 Å². The van der Waals surface area contributed by atoms with Gasteiger partial charge in [-0.25, -0.2) is 22.7 Å². The molecule has 1 aromatic heterocycles. The standard InChI is InChI=1S/C11H20N4O3S/c1-4-12-11-13-8-10(9-14-11)19(16,17)15(2)6-5-7-18-3/h8-9H,4-7H2,1-3H3,(H,12,13,14). The molecule has 7 nitrogen and oxygen atoms in total. The number of ether oxygens (including phenoxy) is 1. The summed E-state index contributed by atoms with van der Waals surface area (Å²) < 4.78 is 30.5. The molecule has 1 heterocycles. The number of methoxy groups -OCH3 is 1. The molecule has 0 saturated heterocycles. The number of nitrogens with one attached hydrogen (secondary N) is 1. The maximum absolute atomic E-state index is 12.2. The number of sulfonamides is 1. The van der Waals surface area contributed by atoms with Crippen molar-refractivity contribution in [1.29, 1.82) is 0 Å². The molecule has 0 fully saturated rings. The quantitative estimate of drug-likeness (QED) is 0.704. The third-order valence-electron chi connectivity index (χ3n) is 2.49. The Labute approximate surface area is 114 Å². The van der Waals surface area contributed by atoms with Crippen LogP contribution in [0.25, 0.3) is 0 Å². The van der Waals surface area contributed by atoms with Crippen LogP contribution < -0.4 is 5.32 Å². The zero-order chi connectivity index (χ0) is 14.3. The van der Waals surface area contributed by atoms with Gasteiger partial charge in [0.25, 0.3) is 0 Å². The molecule has 0 saturated carbocycles. The van der Waals surface area contributed by atoms with Gasteiger partial charge in [-0.15, -0.1) is 0 Å². The Morgan fingerprint density at radius 3 is 2.53 bits per heavy atom. The lowest BCUT2D eigenvalue weighted by Gasteiger charge is -2.16. The Kier molecular flexibility index (Phi) is 6.13. The van der Waals surface area contributed by atoms with Gasteiger partial charge in [0.2, 0.25) is 16.0 Å². The smallest absolute Gasteiger partial charge is 0.245 e. The van der Waals surface area contributed by atoms with Gasteiger partial charge in [-0.1, -0.05) is 0 Å². The summed E-state index contributed by atoms with van der Waals surface area (Å²) in [4.78, 5) is 8.01. The van der Waals surface area contributed by atoms with Crippen LogP contribution in [0, 0.1) is 0 Å². The fraction of sp³-hybridized carbons (Fsp3) is 0.636. The van der Waals surface area contributed by atoms with Crippen molar-refractivity contribution >= 4 is 16.0 Å². The van der Waals surface area contributed by atoms with Gasteiger partial charge in [-0.05, 0) is 13.3 Å². The van der Waals surface area contributed by atoms with Crippen molar-refractivity contribution in [3.63, 3.8) is 0 Å². The van der Waals surface area contributed by atoms with Crippen LogP contribution in [0.5, 0.6) is 0 Å². The summed E-state index contributed by atoms with van der Waals surface area (Å²) in [5.74, 6) is 0.420. The van der Waals surface area contributed by atoms with Crippen molar-refractivity contribution in [2.24, 2.45) is 0 Å². The van der Waals surface area contributed by atoms with E-state index in [2.05, 4.69) is 15.3 Å². The van der Waals surface area contributed by atoms with E-state index in [0.29, 0.717) is 32.1 Å². The van der Waals surface area contributed by atoms with Gasteiger partial charge in [0, 0.05) is 33.9 Å². The molecule has 0 unspecified atom stereocenters. The number of rotatable bonds is 8. The van der Waals surface area contributed by atoms with E-state index >= 15 is 0 Å². The molecule has 0 aromatic carbocycles. The molecule has 1 rings (SSSR count). The highest BCUT2D eigenvalue weighted by Crippen LogP contribution is 2.13. The molecular weight excluding hydrogens is 268 g/mol. The first kappa shape index (κ1) is 15.8. The van der Waals surface area contributed by atoms with Crippen LogP contribution in [0.2, 0.25) is 0 Å². The molecule has 8 heteroatoms. The molecule has 0 aliphatic carbocycles. The first-order valence-electron chi connectivity index (χ1n) is 6.03. The maximum Gasteiger partial charge on any atom is 0.245 e. The average Bonchev–Trinajstić information content (AvgIpc) is 2.40. The van der Waals surface area contributed by atoms with E-state index in [-0.39, 0.29) is 4.90 Å². The van der Waals surface area contributed by atoms with Gasteiger partial charge in [-0.2, -0.15) is 0 Å². The highest BCUT2D eigenvalue weighted by atomic mass is 32.2. The van der Waals surface area contributed by atoms with Gasteiger partial charge in [-0.3, -0.25) is 0 Å². The first-order valence-corrected chi connectivity index (χ1v) is 7.47. The molecule has 19 heavy (non-hydrogen) atoms. The Morgan fingerprint density at radius 2 is 2.00 bits per heavy atom. The summed E-state index contributed by atoms with van der Waals surface area (Å²) in [6, 6.07) is 0. The second kappa shape index (κ2) is 7.37. The molecule has 0 bridgehead atoms. The van der Waals surface area contributed by atoms with Crippen LogP contribution in [-0.2, 0) is 14.8 Å². The average molecular weight is 288 g/mol. The highest BCUT2D eigenvalue weighted by molar-refractivity contribution is 7.89. The predicted octanol–water partition coefficient (Wildman–Crippen LogP) is 0.565. The van der Waals surface area contributed by atoms with E-state index < -0.39 is 10.0 Å². The number of hydrogen-bond acceptors (Lipinski definition) is 6. The molecule has 0 aliphatic rings. The monoisotopic (exact) mass is 288 g/mol. The van der Waals surface area contributed by atoms with Crippen LogP contribution >= 0.6 is 0 Å². The van der Waals surface area contributed by atoms with E-state index in [4.69, 9.17) is 4.74 Å². The van der Waals surface area contributed by atoms with Crippen molar-refractivity contribution in [3.05, 3.63) is 12.4 Å². The normalized spacial score (nSPS) is 11.8. The van der Waals surface area contributed by atoms with Crippen LogP contribution in [-0.4, -0.2) is 56.5 Å². The molecule has 0 aliphatic heterocycles. The summed E-state index contributed by atoms with van der Waals surface area (Å²) in [7, 11) is -0.410. The second-order valence-electron chi connectivity index (χ2n) is 3.95. The zero-order valence-corrected chi connectivity index (χ0v) is 12.3. The fourth-order valence-corrected chi connectivity index (χ4v) is 2.53. The van der Waals surface area contributed by atoms with Gasteiger partial charge in [0.05, 0.1) is 12.4 Å². The maximum atomic E-state index is 12.2. The predicted molar refractivity (Wildman–Crippen MR) is 72.5 cm³/mol. The Morgan fingerprint density at radius 1 is 1.37 bits per heavy atom. The van der Waals surface area contributed by atoms with Crippen LogP contribution in [0.1, 0.15) is 13.3 Å². The lowest BCUT2D eigenvalue weighted by molar-refractivity contribution is 0.189. The number of nitrogens with zero attached hydrogens (tertiary/aromatic N) is 3. The largest absolute Gasteiger partial charge is 0.385 e. The van der Waals surface area contributed by atoms with Crippen LogP contribution in [0.3, 0.4) is 0 Å². The lowest BCUT2D eigenvalue weighted by atomic mass is 10.5. The van der Waals surface area contributed by atoms with E-state index in [9.17, 15) is 8.42 Å². The molecule has 0 atom stereocenters. The number of hydrogen-bond donors (Lipinski definition) is 1. The van der Waals surface area contributed by atoms with E-state index in [0.717, 1.165) is 0 Å². The Bertz CT molecular complexity index is 475. The van der Waals surface area contributed by atoms with Crippen molar-refractivity contribution in [1.82, 2.24) is 14.3 Å². The minimum atomic E-state index is -3.53. The molecule has 1 N–H and O–H groups in total. The van der Waals surface area contributed by atoms with Crippen molar-refractivity contribution in [2.45, 2.75) is 18.2 Å². The Hall–Kier alpha value is -1.25. The zero-order valence-electron chi connectivity index (χ0n) is 11.5. The van der Waals surface area contributed by atoms with E-state index in [1.54, 1.807) is 7.11 Å². The topological polar surface area (TPSA) is 84.4 Å². The summed E-state index contributed by atoms with van der Waals surface area (Å²) in [5.41, 5.74) is 0. The summed E-state index contributed by atoms with van der Waals surface area (Å²) in [5, 5.41) is 2.91. The molecule has 0 amide bonds. The van der Waals surface area contributed by atoms with Gasteiger partial charge >= 0.3 is 0 Å². The van der Waals surface area contributed by atoms with Crippen LogP contribution in [0.15, 0.2) is 17.3 Å². The Balaban J connectivity index is 2.75. The van der Waals surface area contributed by atoms with Crippen molar-refractivity contribution in [2.75, 3.05) is 39.2 Å². The highest BCUT2D eigenvalue weighted by Gasteiger charge is 2.21. The lowest BCUT2D eigenvalue weighted by Crippen LogP contribution is -2.28. The number of aromatic nitrogens is 2. The van der Waals surface area contributed by atoms with E-state index in [1.165, 1.54) is 23.7 Å². The minimum absolute atomic E-state index is 0.0917. The molecule has 108 valence electrons. The van der Waals surface area contributed by atoms with Crippen molar-refractivity contribution in [3.8, 4) is 0 Å². The number of anilines is 1. The minimum Gasteiger partial charge on any atom is -0.385 e. The fourth-order valence-electron chi connectivity index (χ4n) is 1.43. The van der Waals surface area contributed by atoms with Crippen LogP contribution in [0.4, 0.5) is 5.95 Å². The van der Waals surface area contributed by atoms with Gasteiger partial charge in [0.1, 0.15) is 4.90 Å². The first-order chi connectivity index (χ1) is 9.02. The third-order valence-corrected chi connectivity index (χ3v) is 4.30. The second-order valence-corrected chi connectivity index (χ2v) is 5.99. The summed E-state index contributed by atoms with van der Waals surface area (Å²) >= 11 is 0. The third kappa shape index (κ3) is 4.41. The summed E-state index contributed by atoms with van der Waals surface area (Å²) in [6.07, 6.45) is 3.27. The van der Waals surface area contributed by atoms with Gasteiger partial charge < -0.3 is 10.1 Å². The van der Waals surface area contributed by atoms with E-state index in [1.807, 2.05) is 6.92 Å². The molecular formula is C11H20N4O3S. The van der Waals surface area contributed by atoms with Gasteiger partial charge in [0.15, 0.2) is 0 Å². The summed E-state index contributed by atoms with van der Waals surface area (Å²) in [6.45, 7) is 3.52.